The van der Waals surface area contributed by atoms with Gasteiger partial charge >= 0.3 is 0 Å². The van der Waals surface area contributed by atoms with Crippen LogP contribution in [0.4, 0.5) is 0 Å². The van der Waals surface area contributed by atoms with Gasteiger partial charge in [-0.15, -0.1) is 0 Å². The molecule has 0 aromatic heterocycles. The minimum absolute atomic E-state index is 0.275. The first-order valence-electron chi connectivity index (χ1n) is 4.90. The van der Waals surface area contributed by atoms with Crippen molar-refractivity contribution in [1.29, 1.82) is 0 Å². The molecule has 2 N–H and O–H groups in total. The molecule has 0 bridgehead atoms. The molecule has 92 valence electrons. The maximum Gasteiger partial charge on any atom is 0.299 e. The molecule has 0 fully saturated rings. The number of rotatable bonds is 5. The zero-order valence-electron chi connectivity index (χ0n) is 9.09. The minimum atomic E-state index is -4.50. The molecule has 0 saturated carbocycles. The van der Waals surface area contributed by atoms with Crippen molar-refractivity contribution in [2.45, 2.75) is 6.42 Å². The van der Waals surface area contributed by atoms with Crippen LogP contribution in [0, 0.1) is 0 Å². The topological polar surface area (TPSA) is 83.5 Å². The Hall–Kier alpha value is -1.66. The molecule has 0 aliphatic rings. The SMILES string of the molecule is C=C(C(=O)NCCc1ccccc1)S(=O)(=O)O. The first-order chi connectivity index (χ1) is 7.91. The quantitative estimate of drug-likeness (QED) is 0.600. The highest BCUT2D eigenvalue weighted by Gasteiger charge is 2.18. The lowest BCUT2D eigenvalue weighted by Crippen LogP contribution is -2.29. The summed E-state index contributed by atoms with van der Waals surface area (Å²) >= 11 is 0. The van der Waals surface area contributed by atoms with E-state index in [1.165, 1.54) is 0 Å². The van der Waals surface area contributed by atoms with E-state index in [2.05, 4.69) is 11.9 Å². The van der Waals surface area contributed by atoms with Gasteiger partial charge in [-0.25, -0.2) is 0 Å². The highest BCUT2D eigenvalue weighted by molar-refractivity contribution is 7.90. The molecule has 1 rings (SSSR count). The summed E-state index contributed by atoms with van der Waals surface area (Å²) in [5.74, 6) is -0.886. The second-order valence-corrected chi connectivity index (χ2v) is 4.83. The number of nitrogens with one attached hydrogen (secondary N) is 1. The summed E-state index contributed by atoms with van der Waals surface area (Å²) in [6.07, 6.45) is 0.575. The van der Waals surface area contributed by atoms with Crippen LogP contribution in [0.25, 0.3) is 0 Å². The molecule has 6 heteroatoms. The first-order valence-corrected chi connectivity index (χ1v) is 6.34. The predicted octanol–water partition coefficient (Wildman–Crippen LogP) is 0.747. The van der Waals surface area contributed by atoms with Crippen LogP contribution in [0.3, 0.4) is 0 Å². The summed E-state index contributed by atoms with van der Waals surface area (Å²) in [6.45, 7) is 3.28. The fourth-order valence-electron chi connectivity index (χ4n) is 1.18. The molecule has 0 unspecified atom stereocenters. The number of carbonyl (C=O) groups is 1. The van der Waals surface area contributed by atoms with E-state index >= 15 is 0 Å². The predicted molar refractivity (Wildman–Crippen MR) is 63.8 cm³/mol. The Bertz CT molecular complexity index is 508. The second-order valence-electron chi connectivity index (χ2n) is 3.39. The zero-order chi connectivity index (χ0) is 12.9. The van der Waals surface area contributed by atoms with Crippen LogP contribution in [-0.4, -0.2) is 25.4 Å². The van der Waals surface area contributed by atoms with E-state index in [1.54, 1.807) is 0 Å². The highest BCUT2D eigenvalue weighted by atomic mass is 32.2. The van der Waals surface area contributed by atoms with E-state index in [0.717, 1.165) is 5.56 Å². The van der Waals surface area contributed by atoms with Crippen LogP contribution < -0.4 is 5.32 Å². The maximum absolute atomic E-state index is 11.2. The van der Waals surface area contributed by atoms with E-state index in [9.17, 15) is 13.2 Å². The van der Waals surface area contributed by atoms with Crippen LogP contribution in [-0.2, 0) is 21.3 Å². The molecular formula is C11H13NO4S. The molecule has 17 heavy (non-hydrogen) atoms. The van der Waals surface area contributed by atoms with Crippen LogP contribution in [0.1, 0.15) is 5.56 Å². The standard InChI is InChI=1S/C11H13NO4S/c1-9(17(14,15)16)11(13)12-8-7-10-5-3-2-4-6-10/h2-6H,1,7-8H2,(H,12,13)(H,14,15,16). The average molecular weight is 255 g/mol. The van der Waals surface area contributed by atoms with E-state index in [1.807, 2.05) is 30.3 Å². The summed E-state index contributed by atoms with van der Waals surface area (Å²) in [6, 6.07) is 9.40. The minimum Gasteiger partial charge on any atom is -0.351 e. The third kappa shape index (κ3) is 4.38. The molecule has 1 aromatic rings. The normalized spacial score (nSPS) is 10.9. The summed E-state index contributed by atoms with van der Waals surface area (Å²) < 4.78 is 29.8. The van der Waals surface area contributed by atoms with E-state index in [4.69, 9.17) is 4.55 Å². The molecule has 1 aromatic carbocycles. The van der Waals surface area contributed by atoms with Gasteiger partial charge in [-0.05, 0) is 12.0 Å². The van der Waals surface area contributed by atoms with Crippen molar-refractivity contribution in [3.05, 3.63) is 47.4 Å². The fraction of sp³-hybridized carbons (Fsp3) is 0.182. The Morgan fingerprint density at radius 2 is 1.88 bits per heavy atom. The highest BCUT2D eigenvalue weighted by Crippen LogP contribution is 2.01. The first kappa shape index (κ1) is 13.4. The third-order valence-electron chi connectivity index (χ3n) is 2.11. The average Bonchev–Trinajstić information content (AvgIpc) is 2.28. The van der Waals surface area contributed by atoms with E-state index in [-0.39, 0.29) is 6.54 Å². The zero-order valence-corrected chi connectivity index (χ0v) is 9.90. The van der Waals surface area contributed by atoms with E-state index in [0.29, 0.717) is 6.42 Å². The summed E-state index contributed by atoms with van der Waals surface area (Å²) in [7, 11) is -4.50. The lowest BCUT2D eigenvalue weighted by molar-refractivity contribution is -0.116. The molecule has 0 aliphatic carbocycles. The van der Waals surface area contributed by atoms with Crippen molar-refractivity contribution in [2.75, 3.05) is 6.54 Å². The molecule has 0 heterocycles. The molecule has 0 saturated heterocycles. The van der Waals surface area contributed by atoms with Gasteiger partial charge in [-0.1, -0.05) is 36.9 Å². The van der Waals surface area contributed by atoms with Crippen LogP contribution in [0.5, 0.6) is 0 Å². The Labute approximate surface area is 99.9 Å². The van der Waals surface area contributed by atoms with Crippen molar-refractivity contribution < 1.29 is 17.8 Å². The largest absolute Gasteiger partial charge is 0.351 e. The molecule has 0 radical (unpaired) electrons. The van der Waals surface area contributed by atoms with Crippen molar-refractivity contribution in [2.24, 2.45) is 0 Å². The third-order valence-corrected chi connectivity index (χ3v) is 2.91. The fourth-order valence-corrected chi connectivity index (χ4v) is 1.49. The van der Waals surface area contributed by atoms with Gasteiger partial charge in [-0.3, -0.25) is 9.35 Å². The van der Waals surface area contributed by atoms with E-state index < -0.39 is 20.9 Å². The molecule has 5 nitrogen and oxygen atoms in total. The Kier molecular flexibility index (Phi) is 4.42. The second kappa shape index (κ2) is 5.60. The Morgan fingerprint density at radius 3 is 2.41 bits per heavy atom. The number of amides is 1. The van der Waals surface area contributed by atoms with Gasteiger partial charge in [0.2, 0.25) is 0 Å². The van der Waals surface area contributed by atoms with Crippen LogP contribution >= 0.6 is 0 Å². The van der Waals surface area contributed by atoms with Gasteiger partial charge in [0, 0.05) is 6.54 Å². The smallest absolute Gasteiger partial charge is 0.299 e. The van der Waals surface area contributed by atoms with Crippen molar-refractivity contribution in [3.63, 3.8) is 0 Å². The van der Waals surface area contributed by atoms with Crippen LogP contribution in [0.2, 0.25) is 0 Å². The monoisotopic (exact) mass is 255 g/mol. The lowest BCUT2D eigenvalue weighted by atomic mass is 10.1. The molecule has 0 spiro atoms. The molecule has 1 amide bonds. The van der Waals surface area contributed by atoms with Crippen molar-refractivity contribution in [3.8, 4) is 0 Å². The molecule has 0 aliphatic heterocycles. The molecule has 0 atom stereocenters. The summed E-state index contributed by atoms with van der Waals surface area (Å²) in [5, 5.41) is 2.36. The summed E-state index contributed by atoms with van der Waals surface area (Å²) in [5.41, 5.74) is 1.02. The Balaban J connectivity index is 2.43. The number of hydrogen-bond donors (Lipinski definition) is 2. The van der Waals surface area contributed by atoms with Gasteiger partial charge in [0.05, 0.1) is 0 Å². The Morgan fingerprint density at radius 1 is 1.29 bits per heavy atom. The lowest BCUT2D eigenvalue weighted by Gasteiger charge is -2.05. The van der Waals surface area contributed by atoms with Gasteiger partial charge in [0.1, 0.15) is 0 Å². The van der Waals surface area contributed by atoms with Gasteiger partial charge in [0.25, 0.3) is 16.0 Å². The number of benzene rings is 1. The van der Waals surface area contributed by atoms with Gasteiger partial charge < -0.3 is 5.32 Å². The van der Waals surface area contributed by atoms with Gasteiger partial charge in [-0.2, -0.15) is 8.42 Å². The van der Waals surface area contributed by atoms with Crippen LogP contribution in [0.15, 0.2) is 41.8 Å². The maximum atomic E-state index is 11.2. The summed E-state index contributed by atoms with van der Waals surface area (Å²) in [4.78, 5) is 10.4. The number of carbonyl (C=O) groups excluding carboxylic acids is 1. The van der Waals surface area contributed by atoms with Gasteiger partial charge in [0.15, 0.2) is 4.91 Å². The number of hydrogen-bond acceptors (Lipinski definition) is 3. The molecular weight excluding hydrogens is 242 g/mol. The van der Waals surface area contributed by atoms with Crippen molar-refractivity contribution in [1.82, 2.24) is 5.32 Å². The van der Waals surface area contributed by atoms with Crippen molar-refractivity contribution >= 4 is 16.0 Å².